The van der Waals surface area contributed by atoms with Gasteiger partial charge in [-0.1, -0.05) is 53.5 Å². The van der Waals surface area contributed by atoms with Crippen LogP contribution in [0.2, 0.25) is 10.0 Å². The third-order valence-electron chi connectivity index (χ3n) is 5.74. The van der Waals surface area contributed by atoms with Gasteiger partial charge in [-0.05, 0) is 77.9 Å². The average Bonchev–Trinajstić information content (AvgIpc) is 2.96. The second kappa shape index (κ2) is 13.3. The first-order valence-corrected chi connectivity index (χ1v) is 14.4. The average molecular weight is 636 g/mol. The van der Waals surface area contributed by atoms with Crippen LogP contribution < -0.4 is 14.5 Å². The lowest BCUT2D eigenvalue weighted by Gasteiger charge is -2.25. The van der Waals surface area contributed by atoms with E-state index in [2.05, 4.69) is 10.5 Å². The standard InChI is InChI=1S/C29H22Cl2F3N3O4S/c30-23-6-4-5-21(15-23)19-41-24-12-9-20(10-13-24)17-35-36-28(38)18-37(42(39,40)25-7-2-1-3-8-25)27-16-22(29(32,33)34)11-14-26(27)31/h1-17H,18-19H2,(H,36,38)/b35-17-. The number of sulfonamides is 1. The van der Waals surface area contributed by atoms with Crippen LogP contribution in [0.3, 0.4) is 0 Å². The van der Waals surface area contributed by atoms with E-state index < -0.39 is 39.9 Å². The van der Waals surface area contributed by atoms with Crippen LogP contribution in [0.25, 0.3) is 0 Å². The summed E-state index contributed by atoms with van der Waals surface area (Å²) in [5, 5.41) is 4.15. The predicted molar refractivity (Wildman–Crippen MR) is 155 cm³/mol. The Morgan fingerprint density at radius 3 is 2.31 bits per heavy atom. The molecule has 1 amide bonds. The van der Waals surface area contributed by atoms with E-state index >= 15 is 0 Å². The zero-order chi connectivity index (χ0) is 30.3. The molecule has 0 aliphatic rings. The molecule has 0 radical (unpaired) electrons. The molecular weight excluding hydrogens is 614 g/mol. The second-order valence-electron chi connectivity index (χ2n) is 8.77. The van der Waals surface area contributed by atoms with Crippen molar-refractivity contribution in [1.29, 1.82) is 0 Å². The monoisotopic (exact) mass is 635 g/mol. The number of benzene rings is 4. The van der Waals surface area contributed by atoms with Crippen LogP contribution in [-0.2, 0) is 27.6 Å². The van der Waals surface area contributed by atoms with E-state index in [1.54, 1.807) is 42.5 Å². The van der Waals surface area contributed by atoms with Crippen molar-refractivity contribution in [2.24, 2.45) is 5.10 Å². The van der Waals surface area contributed by atoms with Crippen LogP contribution in [0.5, 0.6) is 5.75 Å². The number of halogens is 5. The maximum absolute atomic E-state index is 13.4. The number of amides is 1. The van der Waals surface area contributed by atoms with Gasteiger partial charge in [-0.15, -0.1) is 0 Å². The van der Waals surface area contributed by atoms with Gasteiger partial charge in [-0.3, -0.25) is 9.10 Å². The molecule has 4 aromatic rings. The lowest BCUT2D eigenvalue weighted by molar-refractivity contribution is -0.137. The van der Waals surface area contributed by atoms with Gasteiger partial charge in [-0.2, -0.15) is 18.3 Å². The van der Waals surface area contributed by atoms with Crippen molar-refractivity contribution in [3.05, 3.63) is 124 Å². The fourth-order valence-electron chi connectivity index (χ4n) is 3.69. The van der Waals surface area contributed by atoms with Gasteiger partial charge in [-0.25, -0.2) is 13.8 Å². The number of anilines is 1. The molecule has 0 heterocycles. The molecule has 7 nitrogen and oxygen atoms in total. The summed E-state index contributed by atoms with van der Waals surface area (Å²) in [7, 11) is -4.50. The van der Waals surface area contributed by atoms with E-state index in [1.165, 1.54) is 30.5 Å². The van der Waals surface area contributed by atoms with Crippen LogP contribution in [-0.4, -0.2) is 27.1 Å². The van der Waals surface area contributed by atoms with Gasteiger partial charge in [0.25, 0.3) is 15.9 Å². The molecule has 0 saturated heterocycles. The molecule has 0 bridgehead atoms. The van der Waals surface area contributed by atoms with Crippen molar-refractivity contribution in [3.63, 3.8) is 0 Å². The summed E-state index contributed by atoms with van der Waals surface area (Å²) >= 11 is 12.1. The summed E-state index contributed by atoms with van der Waals surface area (Å²) in [6.07, 6.45) is -3.46. The van der Waals surface area contributed by atoms with Gasteiger partial charge in [0.2, 0.25) is 0 Å². The highest BCUT2D eigenvalue weighted by atomic mass is 35.5. The zero-order valence-electron chi connectivity index (χ0n) is 21.6. The number of hydrogen-bond donors (Lipinski definition) is 1. The molecule has 0 saturated carbocycles. The molecule has 0 aromatic heterocycles. The van der Waals surface area contributed by atoms with Gasteiger partial charge in [0.15, 0.2) is 0 Å². The Morgan fingerprint density at radius 2 is 1.64 bits per heavy atom. The van der Waals surface area contributed by atoms with Crippen molar-refractivity contribution in [2.75, 3.05) is 10.8 Å². The van der Waals surface area contributed by atoms with Crippen LogP contribution in [0.1, 0.15) is 16.7 Å². The number of hydrogen-bond acceptors (Lipinski definition) is 5. The zero-order valence-corrected chi connectivity index (χ0v) is 23.9. The predicted octanol–water partition coefficient (Wildman–Crippen LogP) is 6.94. The number of ether oxygens (including phenoxy) is 1. The van der Waals surface area contributed by atoms with E-state index in [4.69, 9.17) is 27.9 Å². The fraction of sp³-hybridized carbons (Fsp3) is 0.103. The van der Waals surface area contributed by atoms with E-state index in [1.807, 2.05) is 12.1 Å². The van der Waals surface area contributed by atoms with Gasteiger partial charge in [0, 0.05) is 5.02 Å². The lowest BCUT2D eigenvalue weighted by Crippen LogP contribution is -2.40. The highest BCUT2D eigenvalue weighted by Gasteiger charge is 2.34. The Hall–Kier alpha value is -4.06. The molecule has 4 rings (SSSR count). The van der Waals surface area contributed by atoms with E-state index in [9.17, 15) is 26.4 Å². The maximum atomic E-state index is 13.4. The van der Waals surface area contributed by atoms with E-state index in [0.717, 1.165) is 17.7 Å². The van der Waals surface area contributed by atoms with Crippen LogP contribution in [0, 0.1) is 0 Å². The molecule has 42 heavy (non-hydrogen) atoms. The molecule has 0 spiro atoms. The highest BCUT2D eigenvalue weighted by Crippen LogP contribution is 2.37. The molecule has 0 fully saturated rings. The SMILES string of the molecule is O=C(CN(c1cc(C(F)(F)F)ccc1Cl)S(=O)(=O)c1ccccc1)N/N=C\c1ccc(OCc2cccc(Cl)c2)cc1. The van der Waals surface area contributed by atoms with E-state index in [-0.39, 0.29) is 9.92 Å². The number of nitrogens with zero attached hydrogens (tertiary/aromatic N) is 2. The molecule has 0 aliphatic carbocycles. The summed E-state index contributed by atoms with van der Waals surface area (Å²) in [4.78, 5) is 12.5. The largest absolute Gasteiger partial charge is 0.489 e. The summed E-state index contributed by atoms with van der Waals surface area (Å²) in [5.74, 6) is -0.336. The third kappa shape index (κ3) is 8.03. The van der Waals surface area contributed by atoms with Gasteiger partial charge in [0.1, 0.15) is 18.9 Å². The van der Waals surface area contributed by atoms with Crippen molar-refractivity contribution in [2.45, 2.75) is 17.7 Å². The summed E-state index contributed by atoms with van der Waals surface area (Å²) in [6, 6.07) is 23.2. The first-order valence-electron chi connectivity index (χ1n) is 12.2. The minimum Gasteiger partial charge on any atom is -0.489 e. The van der Waals surface area contributed by atoms with Crippen molar-refractivity contribution in [3.8, 4) is 5.75 Å². The van der Waals surface area contributed by atoms with Gasteiger partial charge < -0.3 is 4.74 Å². The van der Waals surface area contributed by atoms with Crippen molar-refractivity contribution in [1.82, 2.24) is 5.43 Å². The van der Waals surface area contributed by atoms with Crippen LogP contribution in [0.4, 0.5) is 18.9 Å². The number of carbonyl (C=O) groups excluding carboxylic acids is 1. The number of hydrazone groups is 1. The molecule has 0 aliphatic heterocycles. The summed E-state index contributed by atoms with van der Waals surface area (Å²) in [6.45, 7) is -0.589. The normalized spacial score (nSPS) is 11.8. The molecular formula is C29H22Cl2F3N3O4S. The summed E-state index contributed by atoms with van der Waals surface area (Å²) in [5.41, 5.74) is 2.04. The Labute approximate surface area is 250 Å². The number of carbonyl (C=O) groups is 1. The van der Waals surface area contributed by atoms with Crippen molar-refractivity contribution >= 4 is 51.0 Å². The summed E-state index contributed by atoms with van der Waals surface area (Å²) < 4.78 is 73.3. The lowest BCUT2D eigenvalue weighted by atomic mass is 10.2. The molecule has 13 heteroatoms. The Balaban J connectivity index is 1.48. The second-order valence-corrected chi connectivity index (χ2v) is 11.5. The Bertz CT molecular complexity index is 1680. The minimum absolute atomic E-state index is 0.243. The van der Waals surface area contributed by atoms with Crippen LogP contribution >= 0.6 is 23.2 Å². The molecule has 218 valence electrons. The fourth-order valence-corrected chi connectivity index (χ4v) is 5.62. The Kier molecular flexibility index (Phi) is 9.77. The topological polar surface area (TPSA) is 88.1 Å². The van der Waals surface area contributed by atoms with E-state index in [0.29, 0.717) is 33.3 Å². The highest BCUT2D eigenvalue weighted by molar-refractivity contribution is 7.92. The number of alkyl halides is 3. The molecule has 1 N–H and O–H groups in total. The van der Waals surface area contributed by atoms with Crippen molar-refractivity contribution < 1.29 is 31.1 Å². The molecule has 0 unspecified atom stereocenters. The van der Waals surface area contributed by atoms with Crippen LogP contribution in [0.15, 0.2) is 107 Å². The third-order valence-corrected chi connectivity index (χ3v) is 8.07. The van der Waals surface area contributed by atoms with Gasteiger partial charge >= 0.3 is 6.18 Å². The maximum Gasteiger partial charge on any atom is 0.416 e. The molecule has 4 aromatic carbocycles. The first kappa shape index (κ1) is 30.9. The minimum atomic E-state index is -4.77. The number of rotatable bonds is 10. The first-order chi connectivity index (χ1) is 19.9. The molecule has 0 atom stereocenters. The quantitative estimate of drug-likeness (QED) is 0.151. The van der Waals surface area contributed by atoms with Gasteiger partial charge in [0.05, 0.1) is 27.4 Å². The number of nitrogens with one attached hydrogen (secondary N) is 1. The smallest absolute Gasteiger partial charge is 0.416 e. The Morgan fingerprint density at radius 1 is 0.929 bits per heavy atom.